The van der Waals surface area contributed by atoms with E-state index in [0.717, 1.165) is 52.0 Å². The van der Waals surface area contributed by atoms with Gasteiger partial charge in [0.15, 0.2) is 0 Å². The normalized spacial score (nSPS) is 23.1. The Labute approximate surface area is 116 Å². The van der Waals surface area contributed by atoms with E-state index in [4.69, 9.17) is 4.74 Å². The summed E-state index contributed by atoms with van der Waals surface area (Å²) in [6, 6.07) is 0. The lowest BCUT2D eigenvalue weighted by atomic mass is 9.74. The predicted octanol–water partition coefficient (Wildman–Crippen LogP) is 1.55. The fourth-order valence-corrected chi connectivity index (χ4v) is 3.09. The van der Waals surface area contributed by atoms with E-state index in [1.807, 2.05) is 7.05 Å². The first-order valence-corrected chi connectivity index (χ1v) is 7.51. The van der Waals surface area contributed by atoms with E-state index in [2.05, 4.69) is 24.5 Å². The summed E-state index contributed by atoms with van der Waals surface area (Å²) in [6.07, 6.45) is 4.28. The first-order valence-electron chi connectivity index (χ1n) is 7.51. The molecule has 0 aromatic carbocycles. The van der Waals surface area contributed by atoms with Gasteiger partial charge in [0.05, 0.1) is 5.41 Å². The molecule has 0 bridgehead atoms. The Hall–Kier alpha value is -0.610. The van der Waals surface area contributed by atoms with Gasteiger partial charge in [-0.3, -0.25) is 4.79 Å². The summed E-state index contributed by atoms with van der Waals surface area (Å²) in [7, 11) is 1.92. The van der Waals surface area contributed by atoms with Crippen LogP contribution in [-0.2, 0) is 9.53 Å². The zero-order chi connectivity index (χ0) is 13.9. The smallest absolute Gasteiger partial charge is 0.227 e. The second kappa shape index (κ2) is 5.80. The van der Waals surface area contributed by atoms with Crippen molar-refractivity contribution in [2.75, 3.05) is 33.4 Å². The molecule has 1 aliphatic carbocycles. The van der Waals surface area contributed by atoms with Gasteiger partial charge in [-0.15, -0.1) is 0 Å². The lowest BCUT2D eigenvalue weighted by Gasteiger charge is -2.37. The summed E-state index contributed by atoms with van der Waals surface area (Å²) in [5.74, 6) is 0.892. The Morgan fingerprint density at radius 3 is 2.47 bits per heavy atom. The van der Waals surface area contributed by atoms with Crippen molar-refractivity contribution in [3.05, 3.63) is 0 Å². The summed E-state index contributed by atoms with van der Waals surface area (Å²) in [6.45, 7) is 7.85. The van der Waals surface area contributed by atoms with Gasteiger partial charge in [-0.05, 0) is 44.1 Å². The van der Waals surface area contributed by atoms with E-state index >= 15 is 0 Å². The maximum absolute atomic E-state index is 12.3. The van der Waals surface area contributed by atoms with E-state index in [-0.39, 0.29) is 16.7 Å². The van der Waals surface area contributed by atoms with E-state index in [1.165, 1.54) is 0 Å². The number of carbonyl (C=O) groups excluding carboxylic acids is 1. The van der Waals surface area contributed by atoms with E-state index in [1.54, 1.807) is 0 Å². The Bertz CT molecular complexity index is 318. The first kappa shape index (κ1) is 14.8. The average Bonchev–Trinajstić information content (AvgIpc) is 3.18. The van der Waals surface area contributed by atoms with Crippen LogP contribution in [0.5, 0.6) is 0 Å². The number of ether oxygens (including phenoxy) is 1. The number of hydrogen-bond acceptors (Lipinski definition) is 3. The largest absolute Gasteiger partial charge is 0.381 e. The van der Waals surface area contributed by atoms with Crippen molar-refractivity contribution in [2.45, 2.75) is 39.5 Å². The van der Waals surface area contributed by atoms with Crippen molar-refractivity contribution in [1.82, 2.24) is 10.6 Å². The van der Waals surface area contributed by atoms with Crippen LogP contribution in [0.4, 0.5) is 0 Å². The molecule has 0 atom stereocenters. The van der Waals surface area contributed by atoms with Crippen molar-refractivity contribution in [2.24, 2.45) is 16.7 Å². The molecule has 1 saturated carbocycles. The highest BCUT2D eigenvalue weighted by atomic mass is 16.5. The lowest BCUT2D eigenvalue weighted by Crippen LogP contribution is -2.44. The van der Waals surface area contributed by atoms with Gasteiger partial charge in [-0.2, -0.15) is 0 Å². The summed E-state index contributed by atoms with van der Waals surface area (Å²) in [5, 5.41) is 6.32. The summed E-state index contributed by atoms with van der Waals surface area (Å²) in [4.78, 5) is 12.3. The fraction of sp³-hybridized carbons (Fsp3) is 0.933. The Morgan fingerprint density at radius 1 is 1.32 bits per heavy atom. The molecule has 0 aromatic heterocycles. The van der Waals surface area contributed by atoms with E-state index in [0.29, 0.717) is 5.92 Å². The molecule has 2 N–H and O–H groups in total. The second-order valence-electron chi connectivity index (χ2n) is 6.87. The molecular weight excluding hydrogens is 240 g/mol. The number of rotatable bonds is 6. The van der Waals surface area contributed by atoms with Crippen LogP contribution in [0, 0.1) is 16.7 Å². The fourth-order valence-electron chi connectivity index (χ4n) is 3.09. The minimum absolute atomic E-state index is 0.111. The van der Waals surface area contributed by atoms with Crippen LogP contribution in [0.25, 0.3) is 0 Å². The molecule has 2 fully saturated rings. The lowest BCUT2D eigenvalue weighted by molar-refractivity contribution is -0.126. The van der Waals surface area contributed by atoms with Gasteiger partial charge in [-0.1, -0.05) is 13.8 Å². The van der Waals surface area contributed by atoms with Gasteiger partial charge >= 0.3 is 0 Å². The van der Waals surface area contributed by atoms with Crippen molar-refractivity contribution in [3.63, 3.8) is 0 Å². The molecule has 1 heterocycles. The third-order valence-electron chi connectivity index (χ3n) is 4.88. The third kappa shape index (κ3) is 3.48. The van der Waals surface area contributed by atoms with Crippen LogP contribution >= 0.6 is 0 Å². The number of amides is 1. The molecule has 1 saturated heterocycles. The Balaban J connectivity index is 1.82. The molecule has 4 nitrogen and oxygen atoms in total. The summed E-state index contributed by atoms with van der Waals surface area (Å²) >= 11 is 0. The van der Waals surface area contributed by atoms with Gasteiger partial charge < -0.3 is 15.4 Å². The monoisotopic (exact) mass is 268 g/mol. The van der Waals surface area contributed by atoms with Crippen molar-refractivity contribution in [1.29, 1.82) is 0 Å². The van der Waals surface area contributed by atoms with Gasteiger partial charge in [0.25, 0.3) is 0 Å². The maximum Gasteiger partial charge on any atom is 0.227 e. The molecule has 110 valence electrons. The van der Waals surface area contributed by atoms with Crippen LogP contribution in [0.2, 0.25) is 0 Å². The summed E-state index contributed by atoms with van der Waals surface area (Å²) in [5.41, 5.74) is 0.0513. The number of hydrogen-bond donors (Lipinski definition) is 2. The van der Waals surface area contributed by atoms with Gasteiger partial charge in [0, 0.05) is 26.3 Å². The van der Waals surface area contributed by atoms with Crippen LogP contribution in [0.15, 0.2) is 0 Å². The zero-order valence-corrected chi connectivity index (χ0v) is 12.6. The highest BCUT2D eigenvalue weighted by Gasteiger charge is 2.49. The van der Waals surface area contributed by atoms with Gasteiger partial charge in [-0.25, -0.2) is 0 Å². The highest BCUT2D eigenvalue weighted by molar-refractivity contribution is 5.85. The SMILES string of the molecule is CNCC1(C(=O)NCC(C)(C)C2CCOCC2)CC1. The van der Waals surface area contributed by atoms with Crippen molar-refractivity contribution < 1.29 is 9.53 Å². The van der Waals surface area contributed by atoms with Crippen molar-refractivity contribution in [3.8, 4) is 0 Å². The van der Waals surface area contributed by atoms with Crippen LogP contribution in [0.1, 0.15) is 39.5 Å². The molecule has 0 spiro atoms. The zero-order valence-electron chi connectivity index (χ0n) is 12.6. The summed E-state index contributed by atoms with van der Waals surface area (Å²) < 4.78 is 5.42. The van der Waals surface area contributed by atoms with E-state index in [9.17, 15) is 4.79 Å². The van der Waals surface area contributed by atoms with Crippen molar-refractivity contribution >= 4 is 5.91 Å². The van der Waals surface area contributed by atoms with Crippen LogP contribution < -0.4 is 10.6 Å². The standard InChI is InChI=1S/C15H28N2O2/c1-14(2,12-4-8-19-9-5-12)10-17-13(18)15(6-7-15)11-16-3/h12,16H,4-11H2,1-3H3,(H,17,18). The molecule has 0 aromatic rings. The number of carbonyl (C=O) groups is 1. The molecule has 0 unspecified atom stereocenters. The molecule has 1 aliphatic heterocycles. The molecular formula is C15H28N2O2. The molecule has 19 heavy (non-hydrogen) atoms. The maximum atomic E-state index is 12.3. The molecule has 0 radical (unpaired) electrons. The van der Waals surface area contributed by atoms with Gasteiger partial charge in [0.1, 0.15) is 0 Å². The minimum atomic E-state index is -0.111. The average molecular weight is 268 g/mol. The Kier molecular flexibility index (Phi) is 4.51. The molecule has 2 aliphatic rings. The topological polar surface area (TPSA) is 50.4 Å². The first-order chi connectivity index (χ1) is 9.00. The van der Waals surface area contributed by atoms with Crippen LogP contribution in [0.3, 0.4) is 0 Å². The van der Waals surface area contributed by atoms with Gasteiger partial charge in [0.2, 0.25) is 5.91 Å². The molecule has 1 amide bonds. The second-order valence-corrected chi connectivity index (χ2v) is 6.87. The Morgan fingerprint density at radius 2 is 1.95 bits per heavy atom. The molecule has 4 heteroatoms. The minimum Gasteiger partial charge on any atom is -0.381 e. The molecule has 2 rings (SSSR count). The van der Waals surface area contributed by atoms with Crippen LogP contribution in [-0.4, -0.2) is 39.3 Å². The van der Waals surface area contributed by atoms with E-state index < -0.39 is 0 Å². The highest BCUT2D eigenvalue weighted by Crippen LogP contribution is 2.45. The predicted molar refractivity (Wildman–Crippen MR) is 75.9 cm³/mol. The quantitative estimate of drug-likeness (QED) is 0.768. The third-order valence-corrected chi connectivity index (χ3v) is 4.88. The number of nitrogens with one attached hydrogen (secondary N) is 2.